The van der Waals surface area contributed by atoms with Crippen LogP contribution >= 0.6 is 0 Å². The van der Waals surface area contributed by atoms with Gasteiger partial charge in [-0.15, -0.1) is 0 Å². The molecule has 2 saturated heterocycles. The fraction of sp³-hybridized carbons (Fsp3) is 0.933. The minimum atomic E-state index is -0.0868. The van der Waals surface area contributed by atoms with E-state index in [1.807, 2.05) is 0 Å². The van der Waals surface area contributed by atoms with Crippen molar-refractivity contribution < 1.29 is 9.53 Å². The molecule has 104 valence electrons. The molecule has 0 radical (unpaired) electrons. The van der Waals surface area contributed by atoms with Gasteiger partial charge in [-0.25, -0.2) is 0 Å². The van der Waals surface area contributed by atoms with Gasteiger partial charge in [0.1, 0.15) is 5.78 Å². The molecule has 1 N–H and O–H groups in total. The Morgan fingerprint density at radius 3 is 2.89 bits per heavy atom. The fourth-order valence-electron chi connectivity index (χ4n) is 3.38. The summed E-state index contributed by atoms with van der Waals surface area (Å²) in [5.41, 5.74) is -0.0868. The molecule has 2 unspecified atom stereocenters. The van der Waals surface area contributed by atoms with Crippen LogP contribution in [0, 0.1) is 11.3 Å². The van der Waals surface area contributed by atoms with Crippen molar-refractivity contribution in [2.75, 3.05) is 19.7 Å². The van der Waals surface area contributed by atoms with Crippen molar-refractivity contribution in [2.24, 2.45) is 11.3 Å². The van der Waals surface area contributed by atoms with Crippen LogP contribution < -0.4 is 5.32 Å². The van der Waals surface area contributed by atoms with Gasteiger partial charge in [-0.3, -0.25) is 4.79 Å². The van der Waals surface area contributed by atoms with E-state index in [0.29, 0.717) is 17.8 Å². The van der Waals surface area contributed by atoms with Crippen LogP contribution in [0.1, 0.15) is 52.4 Å². The van der Waals surface area contributed by atoms with Crippen LogP contribution in [0.15, 0.2) is 0 Å². The number of carbonyl (C=O) groups excluding carboxylic acids is 1. The first-order valence-electron chi connectivity index (χ1n) is 7.51. The molecule has 18 heavy (non-hydrogen) atoms. The number of Topliss-reactive ketones (excluding diaryl/α,β-unsaturated/α-hetero) is 1. The van der Waals surface area contributed by atoms with Crippen molar-refractivity contribution in [3.8, 4) is 0 Å². The molecule has 2 rings (SSSR count). The van der Waals surface area contributed by atoms with Crippen LogP contribution in [0.2, 0.25) is 0 Å². The second-order valence-electron chi connectivity index (χ2n) is 6.19. The average molecular weight is 253 g/mol. The molecule has 0 aliphatic carbocycles. The van der Waals surface area contributed by atoms with Crippen LogP contribution in [-0.4, -0.2) is 31.6 Å². The van der Waals surface area contributed by atoms with E-state index in [0.717, 1.165) is 45.4 Å². The SMILES string of the molecule is CC(C)C1(C(=O)CCCC2CCCO2)CCNC1. The number of hydrogen-bond donors (Lipinski definition) is 1. The Bertz CT molecular complexity index is 276. The van der Waals surface area contributed by atoms with E-state index in [9.17, 15) is 4.79 Å². The third-order valence-corrected chi connectivity index (χ3v) is 4.80. The highest BCUT2D eigenvalue weighted by Gasteiger charge is 2.42. The Kier molecular flexibility index (Phi) is 4.79. The largest absolute Gasteiger partial charge is 0.378 e. The van der Waals surface area contributed by atoms with Gasteiger partial charge in [-0.1, -0.05) is 13.8 Å². The fourth-order valence-corrected chi connectivity index (χ4v) is 3.38. The number of hydrogen-bond acceptors (Lipinski definition) is 3. The molecule has 3 heteroatoms. The normalized spacial score (nSPS) is 32.3. The summed E-state index contributed by atoms with van der Waals surface area (Å²) >= 11 is 0. The summed E-state index contributed by atoms with van der Waals surface area (Å²) in [6.07, 6.45) is 6.62. The van der Waals surface area contributed by atoms with Crippen molar-refractivity contribution in [2.45, 2.75) is 58.5 Å². The molecule has 0 aromatic rings. The molecule has 3 nitrogen and oxygen atoms in total. The number of ether oxygens (including phenoxy) is 1. The Morgan fingerprint density at radius 1 is 1.50 bits per heavy atom. The van der Waals surface area contributed by atoms with Crippen molar-refractivity contribution in [1.29, 1.82) is 0 Å². The molecular formula is C15H27NO2. The quantitative estimate of drug-likeness (QED) is 0.790. The van der Waals surface area contributed by atoms with Crippen molar-refractivity contribution in [3.63, 3.8) is 0 Å². The molecule has 0 amide bonds. The summed E-state index contributed by atoms with van der Waals surface area (Å²) < 4.78 is 5.61. The van der Waals surface area contributed by atoms with Gasteiger partial charge >= 0.3 is 0 Å². The highest BCUT2D eigenvalue weighted by atomic mass is 16.5. The molecule has 2 heterocycles. The minimum absolute atomic E-state index is 0.0868. The zero-order chi connectivity index (χ0) is 13.0. The Morgan fingerprint density at radius 2 is 2.33 bits per heavy atom. The molecule has 0 saturated carbocycles. The van der Waals surface area contributed by atoms with Crippen LogP contribution in [0.3, 0.4) is 0 Å². The first-order chi connectivity index (χ1) is 8.65. The third kappa shape index (κ3) is 2.94. The van der Waals surface area contributed by atoms with E-state index < -0.39 is 0 Å². The van der Waals surface area contributed by atoms with Crippen LogP contribution in [0.4, 0.5) is 0 Å². The molecule has 0 aromatic heterocycles. The minimum Gasteiger partial charge on any atom is -0.378 e. The highest BCUT2D eigenvalue weighted by Crippen LogP contribution is 2.36. The number of nitrogens with one attached hydrogen (secondary N) is 1. The number of rotatable bonds is 6. The van der Waals surface area contributed by atoms with E-state index in [-0.39, 0.29) is 5.41 Å². The van der Waals surface area contributed by atoms with Crippen LogP contribution in [0.25, 0.3) is 0 Å². The summed E-state index contributed by atoms with van der Waals surface area (Å²) in [4.78, 5) is 12.5. The lowest BCUT2D eigenvalue weighted by molar-refractivity contribution is -0.130. The second-order valence-corrected chi connectivity index (χ2v) is 6.19. The van der Waals surface area contributed by atoms with E-state index in [1.54, 1.807) is 0 Å². The van der Waals surface area contributed by atoms with Gasteiger partial charge in [0.25, 0.3) is 0 Å². The summed E-state index contributed by atoms with van der Waals surface area (Å²) in [6, 6.07) is 0. The van der Waals surface area contributed by atoms with Crippen molar-refractivity contribution >= 4 is 5.78 Å². The van der Waals surface area contributed by atoms with Gasteiger partial charge in [0, 0.05) is 25.0 Å². The molecule has 0 aromatic carbocycles. The van der Waals surface area contributed by atoms with Gasteiger partial charge < -0.3 is 10.1 Å². The molecular weight excluding hydrogens is 226 g/mol. The molecule has 2 aliphatic rings. The van der Waals surface area contributed by atoms with Crippen LogP contribution in [-0.2, 0) is 9.53 Å². The van der Waals surface area contributed by atoms with Gasteiger partial charge in [0.2, 0.25) is 0 Å². The lowest BCUT2D eigenvalue weighted by Crippen LogP contribution is -2.38. The smallest absolute Gasteiger partial charge is 0.140 e. The predicted molar refractivity (Wildman–Crippen MR) is 72.6 cm³/mol. The van der Waals surface area contributed by atoms with E-state index in [1.165, 1.54) is 12.8 Å². The van der Waals surface area contributed by atoms with Crippen molar-refractivity contribution in [3.05, 3.63) is 0 Å². The average Bonchev–Trinajstić information content (AvgIpc) is 3.00. The zero-order valence-corrected chi connectivity index (χ0v) is 11.8. The lowest BCUT2D eigenvalue weighted by atomic mass is 9.71. The molecule has 2 atom stereocenters. The maximum Gasteiger partial charge on any atom is 0.140 e. The van der Waals surface area contributed by atoms with E-state index in [4.69, 9.17) is 4.74 Å². The van der Waals surface area contributed by atoms with E-state index in [2.05, 4.69) is 19.2 Å². The highest BCUT2D eigenvalue weighted by molar-refractivity contribution is 5.85. The summed E-state index contributed by atoms with van der Waals surface area (Å²) in [6.45, 7) is 7.16. The Balaban J connectivity index is 1.78. The molecule has 2 fully saturated rings. The van der Waals surface area contributed by atoms with Gasteiger partial charge in [0.15, 0.2) is 0 Å². The zero-order valence-electron chi connectivity index (χ0n) is 11.8. The maximum atomic E-state index is 12.5. The third-order valence-electron chi connectivity index (χ3n) is 4.80. The number of ketones is 1. The van der Waals surface area contributed by atoms with E-state index >= 15 is 0 Å². The summed E-state index contributed by atoms with van der Waals surface area (Å²) in [5, 5.41) is 3.36. The molecule has 2 aliphatic heterocycles. The summed E-state index contributed by atoms with van der Waals surface area (Å²) in [5.74, 6) is 0.920. The molecule has 0 spiro atoms. The van der Waals surface area contributed by atoms with Crippen molar-refractivity contribution in [1.82, 2.24) is 5.32 Å². The molecule has 0 bridgehead atoms. The Hall–Kier alpha value is -0.410. The first kappa shape index (κ1) is 14.0. The lowest BCUT2D eigenvalue weighted by Gasteiger charge is -2.31. The monoisotopic (exact) mass is 253 g/mol. The number of carbonyl (C=O) groups is 1. The Labute approximate surface area is 111 Å². The standard InChI is InChI=1S/C15H27NO2/c1-12(2)15(8-9-16-11-15)14(17)7-3-5-13-6-4-10-18-13/h12-13,16H,3-11H2,1-2H3. The second kappa shape index (κ2) is 6.16. The first-order valence-corrected chi connectivity index (χ1v) is 7.51. The maximum absolute atomic E-state index is 12.5. The van der Waals surface area contributed by atoms with Gasteiger partial charge in [0.05, 0.1) is 6.10 Å². The predicted octanol–water partition coefficient (Wildman–Crippen LogP) is 2.54. The van der Waals surface area contributed by atoms with Gasteiger partial charge in [-0.05, 0) is 44.6 Å². The van der Waals surface area contributed by atoms with Crippen LogP contribution in [0.5, 0.6) is 0 Å². The topological polar surface area (TPSA) is 38.3 Å². The van der Waals surface area contributed by atoms with Gasteiger partial charge in [-0.2, -0.15) is 0 Å². The summed E-state index contributed by atoms with van der Waals surface area (Å²) in [7, 11) is 0.